The van der Waals surface area contributed by atoms with Gasteiger partial charge in [-0.15, -0.1) is 0 Å². The van der Waals surface area contributed by atoms with Gasteiger partial charge in [0.25, 0.3) is 0 Å². The fraction of sp³-hybridized carbons (Fsp3) is 0.700. The van der Waals surface area contributed by atoms with Crippen LogP contribution in [0.4, 0.5) is 0 Å². The van der Waals surface area contributed by atoms with Crippen molar-refractivity contribution in [1.29, 1.82) is 0 Å². The van der Waals surface area contributed by atoms with Crippen LogP contribution in [0, 0.1) is 5.92 Å². The third kappa shape index (κ3) is 4.68. The van der Waals surface area contributed by atoms with Crippen molar-refractivity contribution in [2.45, 2.75) is 26.7 Å². The summed E-state index contributed by atoms with van der Waals surface area (Å²) >= 11 is 0. The Morgan fingerprint density at radius 3 is 2.92 bits per heavy atom. The number of rotatable bonds is 6. The van der Waals surface area contributed by atoms with Crippen LogP contribution in [0.5, 0.6) is 0 Å². The van der Waals surface area contributed by atoms with Crippen molar-refractivity contribution in [3.8, 4) is 0 Å². The first-order valence-electron chi connectivity index (χ1n) is 4.98. The van der Waals surface area contributed by atoms with Crippen LogP contribution in [-0.2, 0) is 6.42 Å². The highest BCUT2D eigenvalue weighted by molar-refractivity contribution is 4.87. The van der Waals surface area contributed by atoms with Crippen molar-refractivity contribution in [2.75, 3.05) is 13.1 Å². The van der Waals surface area contributed by atoms with Gasteiger partial charge in [0.2, 0.25) is 0 Å². The van der Waals surface area contributed by atoms with Gasteiger partial charge in [0.1, 0.15) is 5.82 Å². The van der Waals surface area contributed by atoms with E-state index in [4.69, 9.17) is 0 Å². The summed E-state index contributed by atoms with van der Waals surface area (Å²) in [4.78, 5) is 7.24. The first-order chi connectivity index (χ1) is 6.29. The molecule has 3 nitrogen and oxygen atoms in total. The monoisotopic (exact) mass is 181 g/mol. The lowest BCUT2D eigenvalue weighted by atomic mass is 10.1. The second kappa shape index (κ2) is 5.75. The SMILES string of the molecule is CC(C)CCNCCc1ncc[nH]1. The molecule has 0 saturated carbocycles. The predicted molar refractivity (Wildman–Crippen MR) is 54.6 cm³/mol. The van der Waals surface area contributed by atoms with Crippen molar-refractivity contribution in [2.24, 2.45) is 5.92 Å². The highest BCUT2D eigenvalue weighted by Crippen LogP contribution is 1.96. The molecule has 3 heteroatoms. The summed E-state index contributed by atoms with van der Waals surface area (Å²) in [5.74, 6) is 1.85. The summed E-state index contributed by atoms with van der Waals surface area (Å²) in [6.45, 7) is 6.61. The summed E-state index contributed by atoms with van der Waals surface area (Å²) in [5, 5.41) is 3.40. The van der Waals surface area contributed by atoms with E-state index >= 15 is 0 Å². The molecule has 0 aliphatic carbocycles. The van der Waals surface area contributed by atoms with Gasteiger partial charge in [-0.3, -0.25) is 0 Å². The van der Waals surface area contributed by atoms with Gasteiger partial charge in [-0.1, -0.05) is 13.8 Å². The molecule has 0 amide bonds. The number of hydrogen-bond donors (Lipinski definition) is 2. The maximum Gasteiger partial charge on any atom is 0.107 e. The van der Waals surface area contributed by atoms with E-state index in [-0.39, 0.29) is 0 Å². The van der Waals surface area contributed by atoms with Crippen LogP contribution in [0.15, 0.2) is 12.4 Å². The van der Waals surface area contributed by atoms with Crippen LogP contribution in [0.1, 0.15) is 26.1 Å². The van der Waals surface area contributed by atoms with Crippen LogP contribution in [0.3, 0.4) is 0 Å². The number of nitrogens with one attached hydrogen (secondary N) is 2. The van der Waals surface area contributed by atoms with E-state index in [2.05, 4.69) is 29.1 Å². The fourth-order valence-electron chi connectivity index (χ4n) is 1.16. The van der Waals surface area contributed by atoms with E-state index < -0.39 is 0 Å². The zero-order chi connectivity index (χ0) is 9.52. The molecule has 13 heavy (non-hydrogen) atoms. The average Bonchev–Trinajstić information content (AvgIpc) is 2.55. The van der Waals surface area contributed by atoms with Gasteiger partial charge in [-0.2, -0.15) is 0 Å². The van der Waals surface area contributed by atoms with E-state index in [1.165, 1.54) is 6.42 Å². The second-order valence-corrected chi connectivity index (χ2v) is 3.72. The zero-order valence-electron chi connectivity index (χ0n) is 8.51. The maximum absolute atomic E-state index is 4.15. The molecule has 1 aromatic rings. The highest BCUT2D eigenvalue weighted by Gasteiger charge is 1.95. The zero-order valence-corrected chi connectivity index (χ0v) is 8.51. The van der Waals surface area contributed by atoms with Crippen molar-refractivity contribution < 1.29 is 0 Å². The Kier molecular flexibility index (Phi) is 4.54. The number of aromatic nitrogens is 2. The lowest BCUT2D eigenvalue weighted by Crippen LogP contribution is -2.20. The number of nitrogens with zero attached hydrogens (tertiary/aromatic N) is 1. The smallest absolute Gasteiger partial charge is 0.107 e. The summed E-state index contributed by atoms with van der Waals surface area (Å²) in [7, 11) is 0. The Bertz CT molecular complexity index is 204. The number of hydrogen-bond acceptors (Lipinski definition) is 2. The van der Waals surface area contributed by atoms with E-state index in [1.54, 1.807) is 6.20 Å². The molecule has 0 unspecified atom stereocenters. The van der Waals surface area contributed by atoms with Gasteiger partial charge >= 0.3 is 0 Å². The summed E-state index contributed by atoms with van der Waals surface area (Å²) in [5.41, 5.74) is 0. The Morgan fingerprint density at radius 1 is 1.46 bits per heavy atom. The molecule has 0 aliphatic heterocycles. The molecule has 0 fully saturated rings. The second-order valence-electron chi connectivity index (χ2n) is 3.72. The van der Waals surface area contributed by atoms with Crippen molar-refractivity contribution in [1.82, 2.24) is 15.3 Å². The molecular weight excluding hydrogens is 162 g/mol. The summed E-state index contributed by atoms with van der Waals surface area (Å²) in [6.07, 6.45) is 5.90. The van der Waals surface area contributed by atoms with Crippen molar-refractivity contribution in [3.05, 3.63) is 18.2 Å². The fourth-order valence-corrected chi connectivity index (χ4v) is 1.16. The van der Waals surface area contributed by atoms with Gasteiger partial charge in [0, 0.05) is 25.4 Å². The Hall–Kier alpha value is -0.830. The van der Waals surface area contributed by atoms with E-state index in [0.29, 0.717) is 0 Å². The van der Waals surface area contributed by atoms with Crippen molar-refractivity contribution in [3.63, 3.8) is 0 Å². The molecule has 1 rings (SSSR count). The third-order valence-corrected chi connectivity index (χ3v) is 1.99. The molecule has 2 N–H and O–H groups in total. The van der Waals surface area contributed by atoms with Crippen LogP contribution in [0.2, 0.25) is 0 Å². The number of imidazole rings is 1. The van der Waals surface area contributed by atoms with Gasteiger partial charge in [-0.05, 0) is 18.9 Å². The summed E-state index contributed by atoms with van der Waals surface area (Å²) < 4.78 is 0. The normalized spacial score (nSPS) is 11.0. The van der Waals surface area contributed by atoms with E-state index in [0.717, 1.165) is 31.3 Å². The highest BCUT2D eigenvalue weighted by atomic mass is 14.9. The molecule has 1 heterocycles. The van der Waals surface area contributed by atoms with Crippen LogP contribution in [0.25, 0.3) is 0 Å². The predicted octanol–water partition coefficient (Wildman–Crippen LogP) is 1.59. The van der Waals surface area contributed by atoms with Gasteiger partial charge < -0.3 is 10.3 Å². The Morgan fingerprint density at radius 2 is 2.31 bits per heavy atom. The topological polar surface area (TPSA) is 40.7 Å². The lowest BCUT2D eigenvalue weighted by Gasteiger charge is -2.05. The molecule has 0 atom stereocenters. The molecule has 74 valence electrons. The first kappa shape index (κ1) is 10.3. The minimum absolute atomic E-state index is 0.788. The largest absolute Gasteiger partial charge is 0.349 e. The maximum atomic E-state index is 4.15. The minimum Gasteiger partial charge on any atom is -0.349 e. The van der Waals surface area contributed by atoms with Crippen LogP contribution >= 0.6 is 0 Å². The van der Waals surface area contributed by atoms with Gasteiger partial charge in [0.15, 0.2) is 0 Å². The van der Waals surface area contributed by atoms with Crippen LogP contribution in [-0.4, -0.2) is 23.1 Å². The first-order valence-corrected chi connectivity index (χ1v) is 4.98. The molecule has 0 bridgehead atoms. The average molecular weight is 181 g/mol. The van der Waals surface area contributed by atoms with Gasteiger partial charge in [0.05, 0.1) is 0 Å². The van der Waals surface area contributed by atoms with Crippen molar-refractivity contribution >= 4 is 0 Å². The molecule has 0 saturated heterocycles. The van der Waals surface area contributed by atoms with Crippen LogP contribution < -0.4 is 5.32 Å². The lowest BCUT2D eigenvalue weighted by molar-refractivity contribution is 0.537. The summed E-state index contributed by atoms with van der Waals surface area (Å²) in [6, 6.07) is 0. The minimum atomic E-state index is 0.788. The Labute approximate surface area is 80.0 Å². The third-order valence-electron chi connectivity index (χ3n) is 1.99. The molecule has 0 aliphatic rings. The molecule has 1 aromatic heterocycles. The standard InChI is InChI=1S/C10H19N3/c1-9(2)3-5-11-6-4-10-12-7-8-13-10/h7-9,11H,3-6H2,1-2H3,(H,12,13). The van der Waals surface area contributed by atoms with Gasteiger partial charge in [-0.25, -0.2) is 4.98 Å². The molecule has 0 spiro atoms. The molecular formula is C10H19N3. The number of H-pyrrole nitrogens is 1. The number of aromatic amines is 1. The van der Waals surface area contributed by atoms with E-state index in [9.17, 15) is 0 Å². The van der Waals surface area contributed by atoms with E-state index in [1.807, 2.05) is 6.20 Å². The quantitative estimate of drug-likeness (QED) is 0.654. The molecule has 0 radical (unpaired) electrons. The Balaban J connectivity index is 1.96. The molecule has 0 aromatic carbocycles.